The van der Waals surface area contributed by atoms with Crippen molar-refractivity contribution < 1.29 is 24.7 Å². The molecular weight excluding hydrogens is 144 g/mol. The predicted molar refractivity (Wildman–Crippen MR) is 26.6 cm³/mol. The summed E-state index contributed by atoms with van der Waals surface area (Å²) in [5.74, 6) is -0.764. The highest BCUT2D eigenvalue weighted by Crippen LogP contribution is 1.76. The number of amides is 1. The van der Waals surface area contributed by atoms with E-state index in [1.54, 1.807) is 0 Å². The van der Waals surface area contributed by atoms with Crippen LogP contribution >= 0.6 is 0 Å². The molecule has 0 heterocycles. The Hall–Kier alpha value is -1.34. The van der Waals surface area contributed by atoms with Gasteiger partial charge in [-0.05, 0) is 5.59 Å². The molecule has 1 amide bonds. The lowest BCUT2D eigenvalue weighted by Gasteiger charge is -2.08. The van der Waals surface area contributed by atoms with Crippen LogP contribution in [-0.2, 0) is 9.63 Å². The number of carbonyl (C=O) groups excluding carboxylic acids is 1. The lowest BCUT2D eigenvalue weighted by molar-refractivity contribution is -0.210. The first-order valence-electron chi connectivity index (χ1n) is 2.19. The maximum Gasteiger partial charge on any atom is 0.449 e. The molecule has 0 atom stereocenters. The third kappa shape index (κ3) is 3.64. The van der Waals surface area contributed by atoms with Gasteiger partial charge in [0.05, 0.1) is 0 Å². The molecular formula is C3H6N2O5. The molecule has 0 aliphatic carbocycles. The zero-order valence-electron chi connectivity index (χ0n) is 5.07. The summed E-state index contributed by atoms with van der Waals surface area (Å²) in [6, 6.07) is 0. The number of hydroxylamine groups is 1. The molecule has 0 fully saturated rings. The highest BCUT2D eigenvalue weighted by atomic mass is 16.8. The Labute approximate surface area is 55.7 Å². The van der Waals surface area contributed by atoms with Crippen LogP contribution < -0.4 is 5.59 Å². The topological polar surface area (TPSA) is 99.1 Å². The number of nitrogens with one attached hydrogen (secondary N) is 1. The SMILES string of the molecule is CC(=O)ONN(O)C(=O)O. The fourth-order valence-electron chi connectivity index (χ4n) is 0.147. The highest BCUT2D eigenvalue weighted by molar-refractivity contribution is 5.66. The smallest absolute Gasteiger partial charge is 0.449 e. The lowest BCUT2D eigenvalue weighted by Crippen LogP contribution is -2.39. The van der Waals surface area contributed by atoms with Crippen LogP contribution in [0.25, 0.3) is 0 Å². The van der Waals surface area contributed by atoms with Crippen molar-refractivity contribution in [2.24, 2.45) is 0 Å². The molecule has 58 valence electrons. The Morgan fingerprint density at radius 1 is 1.60 bits per heavy atom. The zero-order valence-corrected chi connectivity index (χ0v) is 5.07. The van der Waals surface area contributed by atoms with Crippen molar-refractivity contribution in [3.63, 3.8) is 0 Å². The minimum atomic E-state index is -1.68. The average molecular weight is 150 g/mol. The van der Waals surface area contributed by atoms with Crippen LogP contribution in [0.15, 0.2) is 0 Å². The van der Waals surface area contributed by atoms with Gasteiger partial charge in [-0.25, -0.2) is 4.79 Å². The summed E-state index contributed by atoms with van der Waals surface area (Å²) >= 11 is 0. The molecule has 0 saturated heterocycles. The van der Waals surface area contributed by atoms with Gasteiger partial charge in [0.25, 0.3) is 0 Å². The number of hydrogen-bond donors (Lipinski definition) is 3. The van der Waals surface area contributed by atoms with E-state index in [2.05, 4.69) is 4.84 Å². The van der Waals surface area contributed by atoms with Gasteiger partial charge < -0.3 is 9.94 Å². The molecule has 0 aromatic rings. The third-order valence-electron chi connectivity index (χ3n) is 0.457. The first-order chi connectivity index (χ1) is 4.54. The molecule has 0 aromatic heterocycles. The predicted octanol–water partition coefficient (Wildman–Crippen LogP) is -0.662. The van der Waals surface area contributed by atoms with Crippen LogP contribution in [-0.4, -0.2) is 27.5 Å². The Balaban J connectivity index is 3.49. The Bertz CT molecular complexity index is 146. The normalized spacial score (nSPS) is 8.60. The molecule has 7 heteroatoms. The Morgan fingerprint density at radius 2 is 2.10 bits per heavy atom. The molecule has 10 heavy (non-hydrogen) atoms. The second kappa shape index (κ2) is 3.64. The Morgan fingerprint density at radius 3 is 2.40 bits per heavy atom. The summed E-state index contributed by atoms with van der Waals surface area (Å²) < 4.78 is 0. The summed E-state index contributed by atoms with van der Waals surface area (Å²) in [7, 11) is 0. The van der Waals surface area contributed by atoms with Crippen molar-refractivity contribution >= 4 is 12.1 Å². The maximum absolute atomic E-state index is 9.96. The summed E-state index contributed by atoms with van der Waals surface area (Å²) in [4.78, 5) is 23.6. The van der Waals surface area contributed by atoms with Gasteiger partial charge in [0.2, 0.25) is 0 Å². The number of hydrogen-bond acceptors (Lipinski definition) is 5. The molecule has 7 nitrogen and oxygen atoms in total. The zero-order chi connectivity index (χ0) is 8.15. The summed E-state index contributed by atoms with van der Waals surface area (Å²) in [6.45, 7) is 1.04. The molecule has 0 radical (unpaired) electrons. The molecule has 3 N–H and O–H groups in total. The van der Waals surface area contributed by atoms with Crippen LogP contribution in [0.1, 0.15) is 6.92 Å². The monoisotopic (exact) mass is 150 g/mol. The van der Waals surface area contributed by atoms with E-state index in [4.69, 9.17) is 10.3 Å². The third-order valence-corrected chi connectivity index (χ3v) is 0.457. The molecule has 0 aliphatic heterocycles. The van der Waals surface area contributed by atoms with Gasteiger partial charge in [0.1, 0.15) is 0 Å². The molecule has 0 unspecified atom stereocenters. The van der Waals surface area contributed by atoms with Gasteiger partial charge in [-0.1, -0.05) is 5.17 Å². The van der Waals surface area contributed by atoms with E-state index < -0.39 is 12.1 Å². The molecule has 0 rings (SSSR count). The number of hydrazine groups is 1. The van der Waals surface area contributed by atoms with Crippen LogP contribution in [0.3, 0.4) is 0 Å². The van der Waals surface area contributed by atoms with Crippen molar-refractivity contribution in [1.29, 1.82) is 0 Å². The number of carboxylic acid groups (broad SMARTS) is 1. The van der Waals surface area contributed by atoms with E-state index in [9.17, 15) is 9.59 Å². The fourth-order valence-corrected chi connectivity index (χ4v) is 0.147. The molecule has 0 aromatic carbocycles. The van der Waals surface area contributed by atoms with Crippen molar-refractivity contribution in [1.82, 2.24) is 10.8 Å². The minimum absolute atomic E-state index is 0.388. The highest BCUT2D eigenvalue weighted by Gasteiger charge is 2.07. The molecule has 0 saturated carbocycles. The van der Waals surface area contributed by atoms with Crippen molar-refractivity contribution in [3.8, 4) is 0 Å². The van der Waals surface area contributed by atoms with Gasteiger partial charge in [-0.3, -0.25) is 10.0 Å². The van der Waals surface area contributed by atoms with Gasteiger partial charge in [0, 0.05) is 6.92 Å². The molecule has 0 aliphatic rings. The van der Waals surface area contributed by atoms with Crippen molar-refractivity contribution in [2.75, 3.05) is 0 Å². The largest absolute Gasteiger partial charge is 0.462 e. The number of carbonyl (C=O) groups is 2. The summed E-state index contributed by atoms with van der Waals surface area (Å²) in [5, 5.41) is 15.8. The number of nitrogens with zero attached hydrogens (tertiary/aromatic N) is 1. The number of rotatable bonds is 2. The van der Waals surface area contributed by atoms with Crippen LogP contribution in [0.2, 0.25) is 0 Å². The summed E-state index contributed by atoms with van der Waals surface area (Å²) in [5.41, 5.74) is 1.42. The Kier molecular flexibility index (Phi) is 3.15. The maximum atomic E-state index is 9.96. The molecule has 0 spiro atoms. The summed E-state index contributed by atoms with van der Waals surface area (Å²) in [6.07, 6.45) is -1.68. The van der Waals surface area contributed by atoms with E-state index in [-0.39, 0.29) is 5.17 Å². The van der Waals surface area contributed by atoms with Crippen molar-refractivity contribution in [2.45, 2.75) is 6.92 Å². The van der Waals surface area contributed by atoms with Gasteiger partial charge in [-0.15, -0.1) is 0 Å². The van der Waals surface area contributed by atoms with Gasteiger partial charge in [-0.2, -0.15) is 0 Å². The second-order valence-corrected chi connectivity index (χ2v) is 1.28. The van der Waals surface area contributed by atoms with E-state index >= 15 is 0 Å². The van der Waals surface area contributed by atoms with Gasteiger partial charge >= 0.3 is 12.1 Å². The van der Waals surface area contributed by atoms with Crippen LogP contribution in [0, 0.1) is 0 Å². The fraction of sp³-hybridized carbons (Fsp3) is 0.333. The van der Waals surface area contributed by atoms with E-state index in [1.165, 1.54) is 5.59 Å². The molecule has 0 bridgehead atoms. The standard InChI is InChI=1S/C3H6N2O5/c1-2(6)10-4-5(9)3(7)8/h4,9H,1H3,(H,7,8). The minimum Gasteiger partial charge on any atom is -0.462 e. The average Bonchev–Trinajstić information content (AvgIpc) is 1.82. The van der Waals surface area contributed by atoms with E-state index in [1.807, 2.05) is 0 Å². The second-order valence-electron chi connectivity index (χ2n) is 1.28. The van der Waals surface area contributed by atoms with Crippen molar-refractivity contribution in [3.05, 3.63) is 0 Å². The van der Waals surface area contributed by atoms with Crippen LogP contribution in [0.4, 0.5) is 4.79 Å². The first kappa shape index (κ1) is 8.66. The first-order valence-corrected chi connectivity index (χ1v) is 2.19. The van der Waals surface area contributed by atoms with E-state index in [0.29, 0.717) is 0 Å². The van der Waals surface area contributed by atoms with Crippen LogP contribution in [0.5, 0.6) is 0 Å². The van der Waals surface area contributed by atoms with Gasteiger partial charge in [0.15, 0.2) is 0 Å². The van der Waals surface area contributed by atoms with E-state index in [0.717, 1.165) is 6.92 Å². The lowest BCUT2D eigenvalue weighted by atomic mass is 10.8. The quantitative estimate of drug-likeness (QED) is 0.357.